The molecule has 0 saturated heterocycles. The third-order valence-corrected chi connectivity index (χ3v) is 3.03. The number of benzene rings is 1. The van der Waals surface area contributed by atoms with Crippen molar-refractivity contribution in [3.8, 4) is 0 Å². The fourth-order valence-electron chi connectivity index (χ4n) is 2.26. The predicted molar refractivity (Wildman–Crippen MR) is 67.4 cm³/mol. The van der Waals surface area contributed by atoms with Gasteiger partial charge in [0.1, 0.15) is 0 Å². The summed E-state index contributed by atoms with van der Waals surface area (Å²) in [6.45, 7) is 4.93. The van der Waals surface area contributed by atoms with Gasteiger partial charge in [0.05, 0.1) is 11.1 Å². The molecule has 0 atom stereocenters. The van der Waals surface area contributed by atoms with Crippen LogP contribution in [0.25, 0.3) is 10.9 Å². The zero-order valence-electron chi connectivity index (χ0n) is 10.0. The van der Waals surface area contributed by atoms with Gasteiger partial charge in [0.25, 0.3) is 0 Å². The van der Waals surface area contributed by atoms with Crippen molar-refractivity contribution in [2.75, 3.05) is 6.54 Å². The number of carboxylic acids is 1. The lowest BCUT2D eigenvalue weighted by Crippen LogP contribution is -2.11. The maximum atomic E-state index is 11.4. The summed E-state index contributed by atoms with van der Waals surface area (Å²) in [5.41, 5.74) is 8.57. The molecule has 4 heteroatoms. The van der Waals surface area contributed by atoms with Gasteiger partial charge in [0.15, 0.2) is 0 Å². The Bertz CT molecular complexity index is 585. The van der Waals surface area contributed by atoms with Crippen molar-refractivity contribution < 1.29 is 9.90 Å². The lowest BCUT2D eigenvalue weighted by atomic mass is 10.0. The summed E-state index contributed by atoms with van der Waals surface area (Å²) in [5, 5.41) is 10.3. The normalized spacial score (nSPS) is 11.0. The van der Waals surface area contributed by atoms with Gasteiger partial charge < -0.3 is 15.4 Å². The zero-order chi connectivity index (χ0) is 12.6. The minimum atomic E-state index is -0.885. The van der Waals surface area contributed by atoms with Crippen LogP contribution in [0.2, 0.25) is 0 Å². The highest BCUT2D eigenvalue weighted by Gasteiger charge is 2.16. The number of rotatable bonds is 3. The van der Waals surface area contributed by atoms with Crippen LogP contribution < -0.4 is 5.73 Å². The Morgan fingerprint density at radius 3 is 2.65 bits per heavy atom. The Hall–Kier alpha value is -1.81. The number of fused-ring (bicyclic) bond motifs is 1. The van der Waals surface area contributed by atoms with Gasteiger partial charge in [0.2, 0.25) is 0 Å². The van der Waals surface area contributed by atoms with Crippen molar-refractivity contribution >= 4 is 16.9 Å². The smallest absolute Gasteiger partial charge is 0.338 e. The van der Waals surface area contributed by atoms with Crippen LogP contribution in [-0.2, 0) is 6.54 Å². The molecule has 0 radical (unpaired) electrons. The van der Waals surface area contributed by atoms with E-state index in [0.29, 0.717) is 18.7 Å². The van der Waals surface area contributed by atoms with Gasteiger partial charge in [-0.15, -0.1) is 0 Å². The molecule has 0 bridgehead atoms. The first-order valence-corrected chi connectivity index (χ1v) is 5.58. The Morgan fingerprint density at radius 1 is 1.35 bits per heavy atom. The highest BCUT2D eigenvalue weighted by atomic mass is 16.4. The number of carboxylic acid groups (broad SMARTS) is 1. The maximum absolute atomic E-state index is 11.4. The van der Waals surface area contributed by atoms with Crippen molar-refractivity contribution in [1.29, 1.82) is 0 Å². The molecule has 0 saturated carbocycles. The molecule has 1 aromatic heterocycles. The van der Waals surface area contributed by atoms with Crippen molar-refractivity contribution in [3.05, 3.63) is 35.0 Å². The van der Waals surface area contributed by atoms with Crippen molar-refractivity contribution in [2.45, 2.75) is 20.4 Å². The van der Waals surface area contributed by atoms with Gasteiger partial charge in [0, 0.05) is 24.7 Å². The lowest BCUT2D eigenvalue weighted by Gasteiger charge is -2.08. The Kier molecular flexibility index (Phi) is 2.90. The molecule has 2 aromatic rings. The molecule has 3 N–H and O–H groups in total. The zero-order valence-corrected chi connectivity index (χ0v) is 10.0. The number of aryl methyl sites for hydroxylation is 2. The SMILES string of the molecule is Cc1ccc2c(C)cn(CCN)c2c1C(=O)O. The molecular formula is C13H16N2O2. The van der Waals surface area contributed by atoms with Crippen LogP contribution in [0.4, 0.5) is 0 Å². The topological polar surface area (TPSA) is 68.2 Å². The first kappa shape index (κ1) is 11.7. The molecule has 0 unspecified atom stereocenters. The van der Waals surface area contributed by atoms with E-state index >= 15 is 0 Å². The second-order valence-electron chi connectivity index (χ2n) is 4.25. The van der Waals surface area contributed by atoms with E-state index in [4.69, 9.17) is 5.73 Å². The second-order valence-corrected chi connectivity index (χ2v) is 4.25. The molecule has 2 rings (SSSR count). The average Bonchev–Trinajstić information content (AvgIpc) is 2.56. The van der Waals surface area contributed by atoms with Crippen LogP contribution in [0.3, 0.4) is 0 Å². The van der Waals surface area contributed by atoms with E-state index in [1.165, 1.54) is 0 Å². The first-order chi connectivity index (χ1) is 8.06. The third-order valence-electron chi connectivity index (χ3n) is 3.03. The Morgan fingerprint density at radius 2 is 2.06 bits per heavy atom. The van der Waals surface area contributed by atoms with E-state index in [9.17, 15) is 9.90 Å². The summed E-state index contributed by atoms with van der Waals surface area (Å²) in [6, 6.07) is 3.82. The van der Waals surface area contributed by atoms with E-state index in [1.54, 1.807) is 0 Å². The number of nitrogens with two attached hydrogens (primary N) is 1. The summed E-state index contributed by atoms with van der Waals surface area (Å²) < 4.78 is 1.93. The standard InChI is InChI=1S/C13H16N2O2/c1-8-3-4-10-9(2)7-15(6-5-14)12(10)11(8)13(16)17/h3-4,7H,5-6,14H2,1-2H3,(H,16,17). The first-order valence-electron chi connectivity index (χ1n) is 5.58. The molecular weight excluding hydrogens is 216 g/mol. The molecule has 17 heavy (non-hydrogen) atoms. The summed E-state index contributed by atoms with van der Waals surface area (Å²) in [4.78, 5) is 11.4. The number of nitrogens with zero attached hydrogens (tertiary/aromatic N) is 1. The molecule has 1 aromatic carbocycles. The molecule has 0 aliphatic rings. The van der Waals surface area contributed by atoms with E-state index in [-0.39, 0.29) is 0 Å². The van der Waals surface area contributed by atoms with Crippen LogP contribution in [0, 0.1) is 13.8 Å². The lowest BCUT2D eigenvalue weighted by molar-refractivity contribution is 0.0698. The molecule has 0 aliphatic heterocycles. The molecule has 0 aliphatic carbocycles. The highest BCUT2D eigenvalue weighted by molar-refractivity contribution is 6.04. The molecule has 4 nitrogen and oxygen atoms in total. The summed E-state index contributed by atoms with van der Waals surface area (Å²) in [5.74, 6) is -0.885. The van der Waals surface area contributed by atoms with E-state index in [1.807, 2.05) is 36.7 Å². The van der Waals surface area contributed by atoms with E-state index in [2.05, 4.69) is 0 Å². The summed E-state index contributed by atoms with van der Waals surface area (Å²) in [6.07, 6.45) is 1.96. The maximum Gasteiger partial charge on any atom is 0.338 e. The number of hydrogen-bond donors (Lipinski definition) is 2. The molecule has 0 amide bonds. The average molecular weight is 232 g/mol. The minimum absolute atomic E-state index is 0.379. The molecule has 0 fully saturated rings. The minimum Gasteiger partial charge on any atom is -0.478 e. The monoisotopic (exact) mass is 232 g/mol. The Labute approximate surface area is 99.7 Å². The van der Waals surface area contributed by atoms with Crippen molar-refractivity contribution in [2.24, 2.45) is 5.73 Å². The van der Waals surface area contributed by atoms with E-state index < -0.39 is 5.97 Å². The second kappa shape index (κ2) is 4.22. The summed E-state index contributed by atoms with van der Waals surface area (Å²) >= 11 is 0. The van der Waals surface area contributed by atoms with Gasteiger partial charge in [-0.2, -0.15) is 0 Å². The van der Waals surface area contributed by atoms with Gasteiger partial charge in [-0.05, 0) is 25.0 Å². The summed E-state index contributed by atoms with van der Waals surface area (Å²) in [7, 11) is 0. The molecule has 90 valence electrons. The van der Waals surface area contributed by atoms with Crippen LogP contribution in [0.15, 0.2) is 18.3 Å². The van der Waals surface area contributed by atoms with E-state index in [0.717, 1.165) is 22.0 Å². The number of aromatic carboxylic acids is 1. The fraction of sp³-hybridized carbons (Fsp3) is 0.308. The predicted octanol–water partition coefficient (Wildman–Crippen LogP) is 1.92. The van der Waals surface area contributed by atoms with Crippen LogP contribution in [-0.4, -0.2) is 22.2 Å². The van der Waals surface area contributed by atoms with Gasteiger partial charge in [-0.1, -0.05) is 12.1 Å². The van der Waals surface area contributed by atoms with Gasteiger partial charge >= 0.3 is 5.97 Å². The van der Waals surface area contributed by atoms with Crippen molar-refractivity contribution in [1.82, 2.24) is 4.57 Å². The third kappa shape index (κ3) is 1.80. The quantitative estimate of drug-likeness (QED) is 0.849. The van der Waals surface area contributed by atoms with Crippen LogP contribution in [0.1, 0.15) is 21.5 Å². The fourth-order valence-corrected chi connectivity index (χ4v) is 2.26. The van der Waals surface area contributed by atoms with Crippen LogP contribution in [0.5, 0.6) is 0 Å². The van der Waals surface area contributed by atoms with Crippen LogP contribution >= 0.6 is 0 Å². The Balaban J connectivity index is 2.85. The number of hydrogen-bond acceptors (Lipinski definition) is 2. The molecule has 1 heterocycles. The highest BCUT2D eigenvalue weighted by Crippen LogP contribution is 2.26. The van der Waals surface area contributed by atoms with Crippen molar-refractivity contribution in [3.63, 3.8) is 0 Å². The number of carbonyl (C=O) groups is 1. The molecule has 0 spiro atoms. The largest absolute Gasteiger partial charge is 0.478 e. The van der Waals surface area contributed by atoms with Gasteiger partial charge in [-0.25, -0.2) is 4.79 Å². The van der Waals surface area contributed by atoms with Gasteiger partial charge in [-0.3, -0.25) is 0 Å². The number of aromatic nitrogens is 1.